The van der Waals surface area contributed by atoms with E-state index in [-0.39, 0.29) is 11.3 Å². The molecule has 6 rings (SSSR count). The van der Waals surface area contributed by atoms with Gasteiger partial charge in [-0.1, -0.05) is 23.5 Å². The van der Waals surface area contributed by atoms with Crippen molar-refractivity contribution in [2.75, 3.05) is 5.32 Å². The minimum atomic E-state index is -0.0956. The number of thiazole rings is 1. The van der Waals surface area contributed by atoms with E-state index in [1.165, 1.54) is 24.8 Å². The number of carbonyl (C=O) groups excluding carboxylic acids is 1. The molecule has 2 aromatic rings. The van der Waals surface area contributed by atoms with Crippen molar-refractivity contribution in [3.8, 4) is 0 Å². The molecule has 0 atom stereocenters. The molecule has 120 valence electrons. The van der Waals surface area contributed by atoms with Crippen LogP contribution in [0.15, 0.2) is 18.2 Å². The molecule has 1 aromatic carbocycles. The average molecular weight is 326 g/mol. The Morgan fingerprint density at radius 2 is 1.83 bits per heavy atom. The van der Waals surface area contributed by atoms with E-state index in [1.54, 1.807) is 11.3 Å². The molecule has 1 amide bonds. The van der Waals surface area contributed by atoms with E-state index >= 15 is 0 Å². The molecule has 4 heteroatoms. The maximum atomic E-state index is 13.1. The van der Waals surface area contributed by atoms with E-state index < -0.39 is 0 Å². The summed E-state index contributed by atoms with van der Waals surface area (Å²) in [4.78, 5) is 17.7. The molecular formula is C19H22N2OS. The Morgan fingerprint density at radius 1 is 1.17 bits per heavy atom. The Balaban J connectivity index is 1.43. The topological polar surface area (TPSA) is 42.0 Å². The van der Waals surface area contributed by atoms with Crippen LogP contribution in [0.4, 0.5) is 5.13 Å². The molecule has 4 fully saturated rings. The number of hydrogen-bond donors (Lipinski definition) is 1. The number of anilines is 1. The first-order valence-electron chi connectivity index (χ1n) is 8.79. The molecule has 4 aliphatic carbocycles. The van der Waals surface area contributed by atoms with Gasteiger partial charge >= 0.3 is 0 Å². The third-order valence-corrected chi connectivity index (χ3v) is 7.30. The summed E-state index contributed by atoms with van der Waals surface area (Å²) in [5.74, 6) is 2.63. The lowest BCUT2D eigenvalue weighted by atomic mass is 9.49. The maximum Gasteiger partial charge on any atom is 0.232 e. The zero-order chi connectivity index (χ0) is 15.6. The molecule has 0 saturated heterocycles. The van der Waals surface area contributed by atoms with Crippen molar-refractivity contribution in [2.45, 2.75) is 45.4 Å². The van der Waals surface area contributed by atoms with Crippen LogP contribution in [-0.2, 0) is 4.79 Å². The number of aromatic nitrogens is 1. The highest BCUT2D eigenvalue weighted by Gasteiger charge is 2.54. The highest BCUT2D eigenvalue weighted by Crippen LogP contribution is 2.60. The Kier molecular flexibility index (Phi) is 2.91. The molecular weight excluding hydrogens is 304 g/mol. The van der Waals surface area contributed by atoms with Gasteiger partial charge in [0.05, 0.1) is 15.6 Å². The van der Waals surface area contributed by atoms with Gasteiger partial charge in [0.1, 0.15) is 0 Å². The molecule has 1 aromatic heterocycles. The van der Waals surface area contributed by atoms with Gasteiger partial charge in [0.2, 0.25) is 5.91 Å². The lowest BCUT2D eigenvalue weighted by molar-refractivity contribution is -0.140. The van der Waals surface area contributed by atoms with E-state index in [9.17, 15) is 4.79 Å². The van der Waals surface area contributed by atoms with Crippen molar-refractivity contribution >= 4 is 32.6 Å². The van der Waals surface area contributed by atoms with Crippen molar-refractivity contribution in [3.05, 3.63) is 23.8 Å². The second-order valence-electron chi connectivity index (χ2n) is 8.09. The van der Waals surface area contributed by atoms with Crippen molar-refractivity contribution < 1.29 is 4.79 Å². The van der Waals surface area contributed by atoms with Crippen molar-refractivity contribution in [1.29, 1.82) is 0 Å². The van der Waals surface area contributed by atoms with E-state index in [4.69, 9.17) is 0 Å². The number of amides is 1. The van der Waals surface area contributed by atoms with Crippen LogP contribution in [0.3, 0.4) is 0 Å². The second kappa shape index (κ2) is 4.79. The third-order valence-electron chi connectivity index (χ3n) is 6.36. The Hall–Kier alpha value is -1.42. The number of para-hydroxylation sites is 1. The normalized spacial score (nSPS) is 34.9. The average Bonchev–Trinajstić information content (AvgIpc) is 2.90. The van der Waals surface area contributed by atoms with Crippen LogP contribution in [0.1, 0.15) is 44.1 Å². The zero-order valence-electron chi connectivity index (χ0n) is 13.5. The molecule has 1 N–H and O–H groups in total. The van der Waals surface area contributed by atoms with Gasteiger partial charge in [0.15, 0.2) is 5.13 Å². The lowest BCUT2D eigenvalue weighted by Gasteiger charge is -2.55. The van der Waals surface area contributed by atoms with Crippen LogP contribution < -0.4 is 5.32 Å². The van der Waals surface area contributed by atoms with Crippen molar-refractivity contribution in [3.63, 3.8) is 0 Å². The summed E-state index contributed by atoms with van der Waals surface area (Å²) in [6, 6.07) is 6.22. The molecule has 23 heavy (non-hydrogen) atoms. The first-order valence-corrected chi connectivity index (χ1v) is 9.60. The van der Waals surface area contributed by atoms with Gasteiger partial charge in [-0.15, -0.1) is 0 Å². The van der Waals surface area contributed by atoms with Crippen molar-refractivity contribution in [2.24, 2.45) is 23.2 Å². The maximum absolute atomic E-state index is 13.1. The number of nitrogens with zero attached hydrogens (tertiary/aromatic N) is 1. The highest BCUT2D eigenvalue weighted by atomic mass is 32.1. The number of rotatable bonds is 2. The Labute approximate surface area is 140 Å². The largest absolute Gasteiger partial charge is 0.301 e. The number of aryl methyl sites for hydroxylation is 1. The van der Waals surface area contributed by atoms with Gasteiger partial charge in [-0.25, -0.2) is 4.98 Å². The number of benzene rings is 1. The molecule has 3 nitrogen and oxygen atoms in total. The summed E-state index contributed by atoms with van der Waals surface area (Å²) in [6.45, 7) is 2.08. The van der Waals surface area contributed by atoms with Gasteiger partial charge in [-0.05, 0) is 74.8 Å². The minimum absolute atomic E-state index is 0.0956. The van der Waals surface area contributed by atoms with E-state index in [0.717, 1.165) is 52.4 Å². The van der Waals surface area contributed by atoms with Gasteiger partial charge in [0, 0.05) is 0 Å². The van der Waals surface area contributed by atoms with Crippen LogP contribution in [0.2, 0.25) is 0 Å². The molecule has 1 heterocycles. The van der Waals surface area contributed by atoms with Crippen LogP contribution in [0.5, 0.6) is 0 Å². The molecule has 4 saturated carbocycles. The SMILES string of the molecule is Cc1cccc2sc(NC(=O)C34CC5CC(CC(C5)C3)C4)nc12. The summed E-state index contributed by atoms with van der Waals surface area (Å²) < 4.78 is 1.16. The fourth-order valence-electron chi connectivity index (χ4n) is 5.76. The highest BCUT2D eigenvalue weighted by molar-refractivity contribution is 7.22. The predicted octanol–water partition coefficient (Wildman–Crippen LogP) is 4.76. The van der Waals surface area contributed by atoms with Gasteiger partial charge in [-0.3, -0.25) is 4.79 Å². The van der Waals surface area contributed by atoms with Gasteiger partial charge in [0.25, 0.3) is 0 Å². The number of fused-ring (bicyclic) bond motifs is 1. The Bertz CT molecular complexity index is 758. The van der Waals surface area contributed by atoms with Gasteiger partial charge in [-0.2, -0.15) is 0 Å². The quantitative estimate of drug-likeness (QED) is 0.864. The smallest absolute Gasteiger partial charge is 0.232 e. The third kappa shape index (κ3) is 2.14. The zero-order valence-corrected chi connectivity index (χ0v) is 14.3. The standard InChI is InChI=1S/C19H22N2OS/c1-11-3-2-4-15-16(11)20-18(23-15)21-17(22)19-8-12-5-13(9-19)7-14(6-12)10-19/h2-4,12-14H,5-10H2,1H3,(H,20,21,22). The second-order valence-corrected chi connectivity index (χ2v) is 9.12. The molecule has 0 aliphatic heterocycles. The molecule has 0 radical (unpaired) electrons. The van der Waals surface area contributed by atoms with E-state index in [0.29, 0.717) is 0 Å². The summed E-state index contributed by atoms with van der Waals surface area (Å²) in [5, 5.41) is 3.96. The number of carbonyl (C=O) groups is 1. The molecule has 4 bridgehead atoms. The first kappa shape index (κ1) is 14.0. The Morgan fingerprint density at radius 3 is 2.43 bits per heavy atom. The van der Waals surface area contributed by atoms with Crippen LogP contribution in [0.25, 0.3) is 10.2 Å². The minimum Gasteiger partial charge on any atom is -0.301 e. The number of nitrogens with one attached hydrogen (secondary N) is 1. The van der Waals surface area contributed by atoms with Crippen LogP contribution in [0, 0.1) is 30.1 Å². The van der Waals surface area contributed by atoms with E-state index in [2.05, 4.69) is 35.4 Å². The fourth-order valence-corrected chi connectivity index (χ4v) is 6.70. The van der Waals surface area contributed by atoms with Crippen LogP contribution >= 0.6 is 11.3 Å². The number of hydrogen-bond acceptors (Lipinski definition) is 3. The predicted molar refractivity (Wildman–Crippen MR) is 93.6 cm³/mol. The van der Waals surface area contributed by atoms with Crippen molar-refractivity contribution in [1.82, 2.24) is 4.98 Å². The van der Waals surface area contributed by atoms with E-state index in [1.807, 2.05) is 0 Å². The summed E-state index contributed by atoms with van der Waals surface area (Å²) in [6.07, 6.45) is 7.42. The molecule has 0 spiro atoms. The van der Waals surface area contributed by atoms with Gasteiger partial charge < -0.3 is 5.32 Å². The summed E-state index contributed by atoms with van der Waals surface area (Å²) in [5.41, 5.74) is 2.11. The molecule has 4 aliphatic rings. The lowest BCUT2D eigenvalue weighted by Crippen LogP contribution is -2.51. The van der Waals surface area contributed by atoms with Crippen LogP contribution in [-0.4, -0.2) is 10.9 Å². The fraction of sp³-hybridized carbons (Fsp3) is 0.579. The monoisotopic (exact) mass is 326 g/mol. The summed E-state index contributed by atoms with van der Waals surface area (Å²) >= 11 is 1.60. The molecule has 0 unspecified atom stereocenters. The summed E-state index contributed by atoms with van der Waals surface area (Å²) in [7, 11) is 0. The first-order chi connectivity index (χ1) is 11.1.